The summed E-state index contributed by atoms with van der Waals surface area (Å²) in [7, 11) is 1.94. The fourth-order valence-electron chi connectivity index (χ4n) is 2.54. The van der Waals surface area contributed by atoms with Crippen LogP contribution in [0, 0.1) is 6.92 Å². The number of nitrogens with two attached hydrogens (primary N) is 1. The number of rotatable bonds is 2. The number of fused-ring (bicyclic) bond motifs is 3. The van der Waals surface area contributed by atoms with Crippen molar-refractivity contribution in [3.05, 3.63) is 24.0 Å². The van der Waals surface area contributed by atoms with Crippen LogP contribution in [0.2, 0.25) is 0 Å². The van der Waals surface area contributed by atoms with E-state index in [-0.39, 0.29) is 12.9 Å². The SMILES string of the molecule is Cc1cnc2ccc3c(c2n1)N(CCO)C(N)N3C. The molecule has 19 heavy (non-hydrogen) atoms. The predicted molar refractivity (Wildman–Crippen MR) is 75.1 cm³/mol. The maximum Gasteiger partial charge on any atom is 0.155 e. The molecule has 0 fully saturated rings. The highest BCUT2D eigenvalue weighted by atomic mass is 16.3. The molecule has 1 aromatic carbocycles. The summed E-state index contributed by atoms with van der Waals surface area (Å²) >= 11 is 0. The van der Waals surface area contributed by atoms with Crippen LogP contribution in [0.1, 0.15) is 5.69 Å². The second-order valence-electron chi connectivity index (χ2n) is 4.75. The Kier molecular flexibility index (Phi) is 2.76. The van der Waals surface area contributed by atoms with Gasteiger partial charge in [0.1, 0.15) is 5.52 Å². The van der Waals surface area contributed by atoms with Gasteiger partial charge in [-0.1, -0.05) is 0 Å². The molecule has 1 aromatic heterocycles. The van der Waals surface area contributed by atoms with Gasteiger partial charge in [-0.3, -0.25) is 10.7 Å². The van der Waals surface area contributed by atoms with E-state index < -0.39 is 0 Å². The number of β-amino-alcohol motifs (C(OH)–C–C–N with tert-alkyl or cyclic N) is 1. The van der Waals surface area contributed by atoms with E-state index >= 15 is 0 Å². The van der Waals surface area contributed by atoms with Crippen LogP contribution in [-0.2, 0) is 0 Å². The first-order valence-corrected chi connectivity index (χ1v) is 6.25. The standard InChI is InChI=1S/C13H17N5O/c1-8-7-15-9-3-4-10-12(11(9)16-8)18(5-6-19)13(14)17(10)2/h3-4,7,13,19H,5-6,14H2,1-2H3. The lowest BCUT2D eigenvalue weighted by Gasteiger charge is -2.26. The lowest BCUT2D eigenvalue weighted by molar-refractivity contribution is 0.298. The molecule has 0 saturated heterocycles. The zero-order valence-electron chi connectivity index (χ0n) is 11.0. The zero-order valence-corrected chi connectivity index (χ0v) is 11.0. The second-order valence-corrected chi connectivity index (χ2v) is 4.75. The smallest absolute Gasteiger partial charge is 0.155 e. The Bertz CT molecular complexity index is 630. The van der Waals surface area contributed by atoms with Crippen molar-refractivity contribution in [2.75, 3.05) is 30.0 Å². The van der Waals surface area contributed by atoms with Crippen LogP contribution in [-0.4, -0.2) is 41.6 Å². The van der Waals surface area contributed by atoms with Crippen LogP contribution in [0.3, 0.4) is 0 Å². The topological polar surface area (TPSA) is 78.5 Å². The molecule has 1 atom stereocenters. The molecular formula is C13H17N5O. The third-order valence-corrected chi connectivity index (χ3v) is 3.51. The largest absolute Gasteiger partial charge is 0.395 e. The van der Waals surface area contributed by atoms with Crippen molar-refractivity contribution in [3.8, 4) is 0 Å². The molecule has 0 aliphatic carbocycles. The number of nitrogens with zero attached hydrogens (tertiary/aromatic N) is 4. The van der Waals surface area contributed by atoms with Gasteiger partial charge >= 0.3 is 0 Å². The van der Waals surface area contributed by atoms with Crippen molar-refractivity contribution in [3.63, 3.8) is 0 Å². The number of anilines is 2. The summed E-state index contributed by atoms with van der Waals surface area (Å²) in [6, 6.07) is 3.95. The van der Waals surface area contributed by atoms with Crippen molar-refractivity contribution >= 4 is 22.4 Å². The van der Waals surface area contributed by atoms with Crippen molar-refractivity contribution < 1.29 is 5.11 Å². The van der Waals surface area contributed by atoms with E-state index in [1.807, 2.05) is 35.9 Å². The van der Waals surface area contributed by atoms with E-state index in [9.17, 15) is 5.11 Å². The Morgan fingerprint density at radius 1 is 1.42 bits per heavy atom. The van der Waals surface area contributed by atoms with Gasteiger partial charge in [-0.05, 0) is 19.1 Å². The van der Waals surface area contributed by atoms with Crippen molar-refractivity contribution in [2.24, 2.45) is 5.73 Å². The molecule has 0 spiro atoms. The lowest BCUT2D eigenvalue weighted by Crippen LogP contribution is -2.49. The van der Waals surface area contributed by atoms with Gasteiger partial charge in [-0.2, -0.15) is 0 Å². The molecule has 0 bridgehead atoms. The van der Waals surface area contributed by atoms with E-state index in [1.165, 1.54) is 0 Å². The van der Waals surface area contributed by atoms with Crippen LogP contribution < -0.4 is 15.5 Å². The summed E-state index contributed by atoms with van der Waals surface area (Å²) in [5.74, 6) is 0. The monoisotopic (exact) mass is 259 g/mol. The van der Waals surface area contributed by atoms with Gasteiger partial charge in [0.05, 0.1) is 29.2 Å². The van der Waals surface area contributed by atoms with E-state index in [4.69, 9.17) is 5.73 Å². The van der Waals surface area contributed by atoms with Gasteiger partial charge in [0.15, 0.2) is 6.29 Å². The van der Waals surface area contributed by atoms with E-state index in [2.05, 4.69) is 9.97 Å². The van der Waals surface area contributed by atoms with Crippen LogP contribution in [0.4, 0.5) is 11.4 Å². The maximum absolute atomic E-state index is 9.23. The highest BCUT2D eigenvalue weighted by molar-refractivity contribution is 5.98. The Labute approximate surface area is 111 Å². The van der Waals surface area contributed by atoms with Gasteiger partial charge in [-0.25, -0.2) is 4.98 Å². The Balaban J connectivity index is 2.27. The summed E-state index contributed by atoms with van der Waals surface area (Å²) in [5.41, 5.74) is 10.7. The van der Waals surface area contributed by atoms with E-state index in [0.717, 1.165) is 28.1 Å². The molecule has 1 aliphatic heterocycles. The Morgan fingerprint density at radius 2 is 2.21 bits per heavy atom. The van der Waals surface area contributed by atoms with Crippen LogP contribution >= 0.6 is 0 Å². The van der Waals surface area contributed by atoms with Crippen molar-refractivity contribution in [1.82, 2.24) is 9.97 Å². The number of hydrogen-bond donors (Lipinski definition) is 2. The quantitative estimate of drug-likeness (QED) is 0.814. The average molecular weight is 259 g/mol. The summed E-state index contributed by atoms with van der Waals surface area (Å²) in [5, 5.41) is 9.23. The molecule has 2 aromatic rings. The molecule has 0 amide bonds. The van der Waals surface area contributed by atoms with Crippen molar-refractivity contribution in [2.45, 2.75) is 13.2 Å². The number of aliphatic hydroxyl groups is 1. The first-order chi connectivity index (χ1) is 9.13. The highest BCUT2D eigenvalue weighted by Gasteiger charge is 2.32. The van der Waals surface area contributed by atoms with E-state index in [1.54, 1.807) is 6.20 Å². The molecule has 0 saturated carbocycles. The minimum Gasteiger partial charge on any atom is -0.395 e. The number of aryl methyl sites for hydroxylation is 1. The number of hydrogen-bond acceptors (Lipinski definition) is 6. The van der Waals surface area contributed by atoms with E-state index in [0.29, 0.717) is 6.54 Å². The first kappa shape index (κ1) is 12.1. The van der Waals surface area contributed by atoms with Crippen molar-refractivity contribution in [1.29, 1.82) is 0 Å². The molecule has 6 nitrogen and oxygen atoms in total. The van der Waals surface area contributed by atoms with Gasteiger partial charge in [0.2, 0.25) is 0 Å². The van der Waals surface area contributed by atoms with Crippen LogP contribution in [0.15, 0.2) is 18.3 Å². The Hall–Kier alpha value is -1.92. The number of aromatic nitrogens is 2. The predicted octanol–water partition coefficient (Wildman–Crippen LogP) is 0.429. The van der Waals surface area contributed by atoms with Crippen LogP contribution in [0.25, 0.3) is 11.0 Å². The molecule has 6 heteroatoms. The molecule has 3 rings (SSSR count). The lowest BCUT2D eigenvalue weighted by atomic mass is 10.2. The third kappa shape index (κ3) is 1.72. The van der Waals surface area contributed by atoms with Gasteiger partial charge < -0.3 is 14.9 Å². The summed E-state index contributed by atoms with van der Waals surface area (Å²) in [4.78, 5) is 12.9. The summed E-state index contributed by atoms with van der Waals surface area (Å²) in [6.07, 6.45) is 1.47. The Morgan fingerprint density at radius 3 is 2.95 bits per heavy atom. The molecule has 0 radical (unpaired) electrons. The minimum absolute atomic E-state index is 0.0522. The summed E-state index contributed by atoms with van der Waals surface area (Å²) < 4.78 is 0. The normalized spacial score (nSPS) is 18.2. The summed E-state index contributed by atoms with van der Waals surface area (Å²) in [6.45, 7) is 2.45. The fraction of sp³-hybridized carbons (Fsp3) is 0.385. The minimum atomic E-state index is -0.282. The molecule has 1 aliphatic rings. The number of aliphatic hydroxyl groups excluding tert-OH is 1. The van der Waals surface area contributed by atoms with Gasteiger partial charge in [0.25, 0.3) is 0 Å². The molecular weight excluding hydrogens is 242 g/mol. The third-order valence-electron chi connectivity index (χ3n) is 3.51. The molecule has 1 unspecified atom stereocenters. The first-order valence-electron chi connectivity index (χ1n) is 6.25. The molecule has 3 N–H and O–H groups in total. The van der Waals surface area contributed by atoms with Gasteiger partial charge in [0, 0.05) is 19.8 Å². The maximum atomic E-state index is 9.23. The highest BCUT2D eigenvalue weighted by Crippen LogP contribution is 2.41. The van der Waals surface area contributed by atoms with Crippen LogP contribution in [0.5, 0.6) is 0 Å². The average Bonchev–Trinajstić information content (AvgIpc) is 2.64. The molecule has 100 valence electrons. The second kappa shape index (κ2) is 4.32. The van der Waals surface area contributed by atoms with Gasteiger partial charge in [-0.15, -0.1) is 0 Å². The number of benzene rings is 1. The molecule has 2 heterocycles. The zero-order chi connectivity index (χ0) is 13.6. The fourth-order valence-corrected chi connectivity index (χ4v) is 2.54.